The second-order valence-electron chi connectivity index (χ2n) is 8.41. The molecule has 0 aliphatic heterocycles. The summed E-state index contributed by atoms with van der Waals surface area (Å²) in [5.41, 5.74) is 2.75. The van der Waals surface area contributed by atoms with Crippen LogP contribution in [0.5, 0.6) is 5.75 Å². The summed E-state index contributed by atoms with van der Waals surface area (Å²) in [5.74, 6) is 2.52. The fraction of sp³-hybridized carbons (Fsp3) is 0.280. The Morgan fingerprint density at radius 3 is 2.71 bits per heavy atom. The van der Waals surface area contributed by atoms with Gasteiger partial charge < -0.3 is 4.74 Å². The monoisotopic (exact) mass is 491 g/mol. The third-order valence-electron chi connectivity index (χ3n) is 5.65. The van der Waals surface area contributed by atoms with Crippen LogP contribution in [0.4, 0.5) is 0 Å². The van der Waals surface area contributed by atoms with Crippen LogP contribution in [0.1, 0.15) is 26.0 Å². The third-order valence-corrected chi connectivity index (χ3v) is 7.53. The summed E-state index contributed by atoms with van der Waals surface area (Å²) in [5, 5.41) is 13.3. The molecule has 5 rings (SSSR count). The van der Waals surface area contributed by atoms with E-state index in [0.717, 1.165) is 39.1 Å². The number of hydrogen-bond donors (Lipinski definition) is 0. The molecule has 0 atom stereocenters. The molecule has 0 aliphatic rings. The van der Waals surface area contributed by atoms with Crippen molar-refractivity contribution in [1.82, 2.24) is 24.1 Å². The van der Waals surface area contributed by atoms with Gasteiger partial charge in [0.15, 0.2) is 5.16 Å². The first-order chi connectivity index (χ1) is 16.6. The first kappa shape index (κ1) is 22.6. The molecule has 0 unspecified atom stereocenters. The molecule has 3 heterocycles. The lowest BCUT2D eigenvalue weighted by Gasteiger charge is -2.12. The molecule has 0 bridgehead atoms. The van der Waals surface area contributed by atoms with Gasteiger partial charge in [-0.3, -0.25) is 13.8 Å². The van der Waals surface area contributed by atoms with E-state index >= 15 is 0 Å². The third kappa shape index (κ3) is 4.21. The fourth-order valence-electron chi connectivity index (χ4n) is 3.87. The van der Waals surface area contributed by atoms with Crippen molar-refractivity contribution in [2.75, 3.05) is 7.11 Å². The van der Waals surface area contributed by atoms with Gasteiger partial charge in [-0.2, -0.15) is 0 Å². The Balaban J connectivity index is 1.49. The molecular weight excluding hydrogens is 466 g/mol. The Morgan fingerprint density at radius 1 is 1.09 bits per heavy atom. The minimum absolute atomic E-state index is 0.0198. The maximum atomic E-state index is 13.2. The van der Waals surface area contributed by atoms with Gasteiger partial charge >= 0.3 is 0 Å². The minimum Gasteiger partial charge on any atom is -0.496 e. The van der Waals surface area contributed by atoms with E-state index in [1.165, 1.54) is 0 Å². The van der Waals surface area contributed by atoms with Crippen LogP contribution in [0.2, 0.25) is 0 Å². The molecule has 0 spiro atoms. The van der Waals surface area contributed by atoms with E-state index in [-0.39, 0.29) is 5.56 Å². The van der Waals surface area contributed by atoms with E-state index < -0.39 is 0 Å². The minimum atomic E-state index is -0.0198. The molecule has 7 nitrogen and oxygen atoms in total. The number of hydrogen-bond acceptors (Lipinski definition) is 7. The molecular formula is C25H25N5O2S2. The van der Waals surface area contributed by atoms with Crippen molar-refractivity contribution in [3.63, 3.8) is 0 Å². The van der Waals surface area contributed by atoms with Gasteiger partial charge in [-0.05, 0) is 36.6 Å². The highest BCUT2D eigenvalue weighted by atomic mass is 32.2. The number of aryl methyl sites for hydroxylation is 1. The van der Waals surface area contributed by atoms with E-state index in [0.29, 0.717) is 29.4 Å². The zero-order chi connectivity index (χ0) is 23.7. The van der Waals surface area contributed by atoms with Gasteiger partial charge in [0.25, 0.3) is 5.56 Å². The van der Waals surface area contributed by atoms with Crippen LogP contribution < -0.4 is 10.3 Å². The molecule has 0 radical (unpaired) electrons. The first-order valence-electron chi connectivity index (χ1n) is 11.1. The van der Waals surface area contributed by atoms with Crippen molar-refractivity contribution < 1.29 is 4.74 Å². The quantitative estimate of drug-likeness (QED) is 0.266. The zero-order valence-electron chi connectivity index (χ0n) is 19.3. The molecule has 0 N–H and O–H groups in total. The van der Waals surface area contributed by atoms with Gasteiger partial charge in [0.2, 0.25) is 5.78 Å². The van der Waals surface area contributed by atoms with Crippen molar-refractivity contribution >= 4 is 39.8 Å². The summed E-state index contributed by atoms with van der Waals surface area (Å²) < 4.78 is 9.23. The maximum Gasteiger partial charge on any atom is 0.262 e. The lowest BCUT2D eigenvalue weighted by molar-refractivity contribution is 0.416. The number of benzene rings is 2. The lowest BCUT2D eigenvalue weighted by atomic mass is 10.1. The molecule has 0 amide bonds. The molecule has 0 aliphatic carbocycles. The van der Waals surface area contributed by atoms with Crippen LogP contribution in [-0.4, -0.2) is 31.3 Å². The number of para-hydroxylation sites is 2. The van der Waals surface area contributed by atoms with Gasteiger partial charge in [-0.15, -0.1) is 21.5 Å². The number of thioether (sulfide) groups is 1. The van der Waals surface area contributed by atoms with Gasteiger partial charge in [0.05, 0.1) is 29.3 Å². The van der Waals surface area contributed by atoms with Crippen LogP contribution in [0.15, 0.2) is 63.9 Å². The lowest BCUT2D eigenvalue weighted by Crippen LogP contribution is -2.24. The average molecular weight is 492 g/mol. The molecule has 0 fully saturated rings. The van der Waals surface area contributed by atoms with Crippen LogP contribution in [0.3, 0.4) is 0 Å². The van der Waals surface area contributed by atoms with Gasteiger partial charge in [-0.1, -0.05) is 49.9 Å². The standard InChI is InChI=1S/C25H25N5O2S2/c1-16(2)12-13-29-23(31)18-8-4-6-10-20(18)30-24(29)27-28-25(30)34-15-17-14-33-22(26-17)19-9-5-7-11-21(19)32-3/h4-11,14,16H,12-13,15H2,1-3H3. The maximum absolute atomic E-state index is 13.2. The van der Waals surface area contributed by atoms with Crippen molar-refractivity contribution in [3.05, 3.63) is 70.0 Å². The topological polar surface area (TPSA) is 74.3 Å². The highest BCUT2D eigenvalue weighted by Crippen LogP contribution is 2.33. The summed E-state index contributed by atoms with van der Waals surface area (Å²) in [6.07, 6.45) is 0.897. The van der Waals surface area contributed by atoms with Crippen molar-refractivity contribution in [1.29, 1.82) is 0 Å². The summed E-state index contributed by atoms with van der Waals surface area (Å²) in [6.45, 7) is 4.92. The van der Waals surface area contributed by atoms with Crippen LogP contribution in [-0.2, 0) is 12.3 Å². The van der Waals surface area contributed by atoms with Crippen LogP contribution in [0.25, 0.3) is 27.3 Å². The molecule has 2 aromatic carbocycles. The normalized spacial score (nSPS) is 11.6. The summed E-state index contributed by atoms with van der Waals surface area (Å²) in [4.78, 5) is 18.0. The summed E-state index contributed by atoms with van der Waals surface area (Å²) in [7, 11) is 1.67. The second-order valence-corrected chi connectivity index (χ2v) is 10.2. The van der Waals surface area contributed by atoms with E-state index in [9.17, 15) is 4.79 Å². The summed E-state index contributed by atoms with van der Waals surface area (Å²) in [6, 6.07) is 15.6. The molecule has 174 valence electrons. The Labute approximate surface area is 205 Å². The zero-order valence-corrected chi connectivity index (χ0v) is 20.9. The Hall–Kier alpha value is -3.17. The van der Waals surface area contributed by atoms with Crippen LogP contribution in [0, 0.1) is 5.92 Å². The van der Waals surface area contributed by atoms with E-state index in [1.807, 2.05) is 52.9 Å². The molecule has 9 heteroatoms. The van der Waals surface area contributed by atoms with E-state index in [1.54, 1.807) is 34.8 Å². The molecule has 3 aromatic heterocycles. The number of rotatable bonds is 8. The molecule has 0 saturated carbocycles. The summed E-state index contributed by atoms with van der Waals surface area (Å²) >= 11 is 3.17. The predicted octanol–water partition coefficient (Wildman–Crippen LogP) is 5.51. The van der Waals surface area contributed by atoms with E-state index in [2.05, 4.69) is 29.4 Å². The molecule has 0 saturated heterocycles. The highest BCUT2D eigenvalue weighted by molar-refractivity contribution is 7.98. The number of fused-ring (bicyclic) bond motifs is 3. The highest BCUT2D eigenvalue weighted by Gasteiger charge is 2.18. The number of thiazole rings is 1. The first-order valence-corrected chi connectivity index (χ1v) is 13.0. The molecule has 34 heavy (non-hydrogen) atoms. The SMILES string of the molecule is COc1ccccc1-c1nc(CSc2nnc3n(CCC(C)C)c(=O)c4ccccc4n23)cs1. The van der Waals surface area contributed by atoms with Gasteiger partial charge in [0.1, 0.15) is 10.8 Å². The van der Waals surface area contributed by atoms with Gasteiger partial charge in [0, 0.05) is 17.7 Å². The number of nitrogens with zero attached hydrogens (tertiary/aromatic N) is 5. The predicted molar refractivity (Wildman–Crippen MR) is 138 cm³/mol. The fourth-order valence-corrected chi connectivity index (χ4v) is 5.66. The number of methoxy groups -OCH3 is 1. The average Bonchev–Trinajstić information content (AvgIpc) is 3.50. The molecule has 5 aromatic rings. The van der Waals surface area contributed by atoms with Crippen LogP contribution >= 0.6 is 23.1 Å². The number of aromatic nitrogens is 5. The van der Waals surface area contributed by atoms with Crippen molar-refractivity contribution in [2.24, 2.45) is 5.92 Å². The number of ether oxygens (including phenoxy) is 1. The van der Waals surface area contributed by atoms with E-state index in [4.69, 9.17) is 9.72 Å². The Kier molecular flexibility index (Phi) is 6.38. The smallest absolute Gasteiger partial charge is 0.262 e. The van der Waals surface area contributed by atoms with Crippen molar-refractivity contribution in [2.45, 2.75) is 37.7 Å². The largest absolute Gasteiger partial charge is 0.496 e. The Bertz CT molecular complexity index is 1520. The van der Waals surface area contributed by atoms with Gasteiger partial charge in [-0.25, -0.2) is 4.98 Å². The Morgan fingerprint density at radius 2 is 1.88 bits per heavy atom. The van der Waals surface area contributed by atoms with Crippen molar-refractivity contribution in [3.8, 4) is 16.3 Å². The second kappa shape index (κ2) is 9.60.